The molecule has 2 N–H and O–H groups in total. The van der Waals surface area contributed by atoms with Gasteiger partial charge in [-0.3, -0.25) is 4.90 Å². The zero-order chi connectivity index (χ0) is 19.6. The zero-order valence-electron chi connectivity index (χ0n) is 16.6. The second-order valence-electron chi connectivity index (χ2n) is 6.51. The Morgan fingerprint density at radius 1 is 1.04 bits per heavy atom. The van der Waals surface area contributed by atoms with E-state index in [0.29, 0.717) is 5.95 Å². The number of morpholine rings is 1. The molecule has 8 heteroatoms. The van der Waals surface area contributed by atoms with Gasteiger partial charge in [-0.05, 0) is 30.2 Å². The van der Waals surface area contributed by atoms with Crippen LogP contribution in [0.1, 0.15) is 5.56 Å². The van der Waals surface area contributed by atoms with Crippen molar-refractivity contribution in [3.63, 3.8) is 0 Å². The number of ether oxygens (including phenoxy) is 3. The SMILES string of the molecule is COc1ccc(CCNc2nccc(NCCN3CCOCC3)n2)cc1OC. The minimum absolute atomic E-state index is 0.622. The van der Waals surface area contributed by atoms with E-state index in [2.05, 4.69) is 25.5 Å². The van der Waals surface area contributed by atoms with Crippen LogP contribution < -0.4 is 20.1 Å². The van der Waals surface area contributed by atoms with Crippen molar-refractivity contribution < 1.29 is 14.2 Å². The third kappa shape index (κ3) is 5.97. The second kappa shape index (κ2) is 10.7. The summed E-state index contributed by atoms with van der Waals surface area (Å²) in [6.07, 6.45) is 2.60. The highest BCUT2D eigenvalue weighted by Crippen LogP contribution is 2.27. The average Bonchev–Trinajstić information content (AvgIpc) is 2.75. The molecule has 1 saturated heterocycles. The molecule has 1 fully saturated rings. The van der Waals surface area contributed by atoms with Crippen LogP contribution in [0.15, 0.2) is 30.5 Å². The first-order valence-electron chi connectivity index (χ1n) is 9.60. The monoisotopic (exact) mass is 387 g/mol. The molecule has 1 aliphatic rings. The van der Waals surface area contributed by atoms with Crippen molar-refractivity contribution in [2.24, 2.45) is 0 Å². The minimum Gasteiger partial charge on any atom is -0.493 e. The third-order valence-electron chi connectivity index (χ3n) is 4.64. The Hall–Kier alpha value is -2.58. The van der Waals surface area contributed by atoms with Crippen LogP contribution in [0.4, 0.5) is 11.8 Å². The number of rotatable bonds is 10. The zero-order valence-corrected chi connectivity index (χ0v) is 16.6. The lowest BCUT2D eigenvalue weighted by atomic mass is 10.1. The van der Waals surface area contributed by atoms with Crippen molar-refractivity contribution in [2.75, 3.05) is 70.8 Å². The highest BCUT2D eigenvalue weighted by atomic mass is 16.5. The summed E-state index contributed by atoms with van der Waals surface area (Å²) in [7, 11) is 3.28. The van der Waals surface area contributed by atoms with Gasteiger partial charge in [0.25, 0.3) is 0 Å². The molecule has 152 valence electrons. The van der Waals surface area contributed by atoms with Gasteiger partial charge in [0, 0.05) is 38.9 Å². The fourth-order valence-corrected chi connectivity index (χ4v) is 3.06. The smallest absolute Gasteiger partial charge is 0.224 e. The van der Waals surface area contributed by atoms with Gasteiger partial charge in [-0.2, -0.15) is 4.98 Å². The summed E-state index contributed by atoms with van der Waals surface area (Å²) in [6.45, 7) is 6.19. The Labute approximate surface area is 166 Å². The third-order valence-corrected chi connectivity index (χ3v) is 4.64. The van der Waals surface area contributed by atoms with E-state index in [1.165, 1.54) is 0 Å². The molecule has 28 heavy (non-hydrogen) atoms. The first-order chi connectivity index (χ1) is 13.8. The summed E-state index contributed by atoms with van der Waals surface area (Å²) in [5.74, 6) is 2.93. The first kappa shape index (κ1) is 20.2. The molecule has 1 aliphatic heterocycles. The molecule has 0 spiro atoms. The first-order valence-corrected chi connectivity index (χ1v) is 9.60. The molecular weight excluding hydrogens is 358 g/mol. The quantitative estimate of drug-likeness (QED) is 0.640. The fourth-order valence-electron chi connectivity index (χ4n) is 3.06. The summed E-state index contributed by atoms with van der Waals surface area (Å²) in [6, 6.07) is 7.83. The second-order valence-corrected chi connectivity index (χ2v) is 6.51. The average molecular weight is 387 g/mol. The minimum atomic E-state index is 0.622. The molecule has 0 amide bonds. The maximum absolute atomic E-state index is 5.37. The Morgan fingerprint density at radius 2 is 1.86 bits per heavy atom. The lowest BCUT2D eigenvalue weighted by Gasteiger charge is -2.26. The number of aromatic nitrogens is 2. The van der Waals surface area contributed by atoms with Gasteiger partial charge >= 0.3 is 0 Å². The fraction of sp³-hybridized carbons (Fsp3) is 0.500. The maximum Gasteiger partial charge on any atom is 0.224 e. The van der Waals surface area contributed by atoms with E-state index in [4.69, 9.17) is 14.2 Å². The van der Waals surface area contributed by atoms with Crippen molar-refractivity contribution in [3.05, 3.63) is 36.0 Å². The van der Waals surface area contributed by atoms with Crippen LogP contribution in [0.2, 0.25) is 0 Å². The molecule has 3 rings (SSSR count). The van der Waals surface area contributed by atoms with Gasteiger partial charge in [0.15, 0.2) is 11.5 Å². The topological polar surface area (TPSA) is 80.8 Å². The van der Waals surface area contributed by atoms with Gasteiger partial charge in [0.05, 0.1) is 27.4 Å². The molecule has 0 saturated carbocycles. The molecule has 1 aromatic heterocycles. The number of hydrogen-bond donors (Lipinski definition) is 2. The number of hydrogen-bond acceptors (Lipinski definition) is 8. The molecule has 0 bridgehead atoms. The summed E-state index contributed by atoms with van der Waals surface area (Å²) in [4.78, 5) is 11.2. The van der Waals surface area contributed by atoms with Gasteiger partial charge in [-0.15, -0.1) is 0 Å². The van der Waals surface area contributed by atoms with E-state index < -0.39 is 0 Å². The Balaban J connectivity index is 1.44. The Bertz CT molecular complexity index is 738. The molecule has 2 aromatic rings. The summed E-state index contributed by atoms with van der Waals surface area (Å²) >= 11 is 0. The number of benzene rings is 1. The van der Waals surface area contributed by atoms with E-state index in [1.807, 2.05) is 24.3 Å². The molecule has 1 aromatic carbocycles. The van der Waals surface area contributed by atoms with Crippen LogP contribution in [0, 0.1) is 0 Å². The van der Waals surface area contributed by atoms with Crippen molar-refractivity contribution >= 4 is 11.8 Å². The lowest BCUT2D eigenvalue weighted by molar-refractivity contribution is 0.0398. The number of anilines is 2. The lowest BCUT2D eigenvalue weighted by Crippen LogP contribution is -2.39. The molecule has 0 radical (unpaired) electrons. The normalized spacial score (nSPS) is 14.5. The van der Waals surface area contributed by atoms with Crippen LogP contribution in [0.25, 0.3) is 0 Å². The summed E-state index contributed by atoms with van der Waals surface area (Å²) in [5, 5.41) is 6.64. The number of nitrogens with zero attached hydrogens (tertiary/aromatic N) is 3. The molecule has 0 unspecified atom stereocenters. The van der Waals surface area contributed by atoms with E-state index in [-0.39, 0.29) is 0 Å². The van der Waals surface area contributed by atoms with Crippen molar-refractivity contribution in [1.82, 2.24) is 14.9 Å². The highest BCUT2D eigenvalue weighted by molar-refractivity contribution is 5.43. The standard InChI is InChI=1S/C20H29N5O3/c1-26-17-4-3-16(15-18(17)27-2)5-7-22-20-23-8-6-19(24-20)21-9-10-25-11-13-28-14-12-25/h3-4,6,8,15H,5,7,9-14H2,1-2H3,(H2,21,22,23,24). The van der Waals surface area contributed by atoms with E-state index in [0.717, 1.165) is 75.2 Å². The van der Waals surface area contributed by atoms with Gasteiger partial charge in [0.1, 0.15) is 5.82 Å². The summed E-state index contributed by atoms with van der Waals surface area (Å²) < 4.78 is 16.0. The molecule has 0 aliphatic carbocycles. The molecular formula is C20H29N5O3. The predicted molar refractivity (Wildman–Crippen MR) is 110 cm³/mol. The van der Waals surface area contributed by atoms with Gasteiger partial charge in [-0.1, -0.05) is 6.07 Å². The Kier molecular flexibility index (Phi) is 7.69. The maximum atomic E-state index is 5.37. The van der Waals surface area contributed by atoms with Crippen molar-refractivity contribution in [1.29, 1.82) is 0 Å². The van der Waals surface area contributed by atoms with Crippen molar-refractivity contribution in [2.45, 2.75) is 6.42 Å². The van der Waals surface area contributed by atoms with Crippen LogP contribution >= 0.6 is 0 Å². The summed E-state index contributed by atoms with van der Waals surface area (Å²) in [5.41, 5.74) is 1.16. The molecule has 0 atom stereocenters. The number of methoxy groups -OCH3 is 2. The van der Waals surface area contributed by atoms with Gasteiger partial charge < -0.3 is 24.8 Å². The van der Waals surface area contributed by atoms with Crippen LogP contribution in [-0.4, -0.2) is 75.0 Å². The number of nitrogens with one attached hydrogen (secondary N) is 2. The molecule has 2 heterocycles. The molecule has 8 nitrogen and oxygen atoms in total. The van der Waals surface area contributed by atoms with Crippen LogP contribution in [0.3, 0.4) is 0 Å². The van der Waals surface area contributed by atoms with Crippen LogP contribution in [0.5, 0.6) is 11.5 Å². The largest absolute Gasteiger partial charge is 0.493 e. The van der Waals surface area contributed by atoms with Gasteiger partial charge in [0.2, 0.25) is 5.95 Å². The van der Waals surface area contributed by atoms with E-state index in [1.54, 1.807) is 20.4 Å². The van der Waals surface area contributed by atoms with E-state index >= 15 is 0 Å². The van der Waals surface area contributed by atoms with Crippen molar-refractivity contribution in [3.8, 4) is 11.5 Å². The van der Waals surface area contributed by atoms with Crippen LogP contribution in [-0.2, 0) is 11.2 Å². The van der Waals surface area contributed by atoms with Gasteiger partial charge in [-0.25, -0.2) is 4.98 Å². The highest BCUT2D eigenvalue weighted by Gasteiger charge is 2.09. The Morgan fingerprint density at radius 3 is 2.64 bits per heavy atom. The predicted octanol–water partition coefficient (Wildman–Crippen LogP) is 1.89. The van der Waals surface area contributed by atoms with E-state index in [9.17, 15) is 0 Å².